The van der Waals surface area contributed by atoms with Crippen LogP contribution >= 0.6 is 0 Å². The lowest BCUT2D eigenvalue weighted by Crippen LogP contribution is -2.59. The van der Waals surface area contributed by atoms with E-state index >= 15 is 0 Å². The van der Waals surface area contributed by atoms with Crippen LogP contribution in [-0.4, -0.2) is 73.1 Å². The quantitative estimate of drug-likeness (QED) is 0.807. The standard InChI is InChI=1S/C15H27N3O3/c1-13(19)18-10-11-21-15(2,12-18)14(20)16-6-9-17-7-4-3-5-8-17/h3-12H2,1-2H3,(H,16,20)/t15-/m1/s1. The normalized spacial score (nSPS) is 27.4. The van der Waals surface area contributed by atoms with Crippen LogP contribution in [0.4, 0.5) is 0 Å². The van der Waals surface area contributed by atoms with Gasteiger partial charge in [-0.15, -0.1) is 0 Å². The Hall–Kier alpha value is -1.14. The monoisotopic (exact) mass is 297 g/mol. The molecule has 0 aromatic rings. The van der Waals surface area contributed by atoms with Gasteiger partial charge in [0.2, 0.25) is 5.91 Å². The van der Waals surface area contributed by atoms with Crippen molar-refractivity contribution in [1.29, 1.82) is 0 Å². The fraction of sp³-hybridized carbons (Fsp3) is 0.867. The summed E-state index contributed by atoms with van der Waals surface area (Å²) in [6.07, 6.45) is 3.82. The van der Waals surface area contributed by atoms with Crippen LogP contribution in [0.15, 0.2) is 0 Å². The first-order valence-electron chi connectivity index (χ1n) is 7.91. The van der Waals surface area contributed by atoms with Crippen molar-refractivity contribution in [2.75, 3.05) is 45.9 Å². The summed E-state index contributed by atoms with van der Waals surface area (Å²) < 4.78 is 5.63. The number of nitrogens with one attached hydrogen (secondary N) is 1. The highest BCUT2D eigenvalue weighted by atomic mass is 16.5. The summed E-state index contributed by atoms with van der Waals surface area (Å²) in [5.74, 6) is -0.129. The van der Waals surface area contributed by atoms with Crippen LogP contribution in [0.2, 0.25) is 0 Å². The van der Waals surface area contributed by atoms with Crippen molar-refractivity contribution in [2.45, 2.75) is 38.7 Å². The van der Waals surface area contributed by atoms with Crippen LogP contribution in [0, 0.1) is 0 Å². The van der Waals surface area contributed by atoms with Gasteiger partial charge in [0, 0.05) is 26.6 Å². The molecule has 1 N–H and O–H groups in total. The van der Waals surface area contributed by atoms with E-state index in [0.29, 0.717) is 26.2 Å². The lowest BCUT2D eigenvalue weighted by Gasteiger charge is -2.39. The fourth-order valence-corrected chi connectivity index (χ4v) is 2.97. The summed E-state index contributed by atoms with van der Waals surface area (Å²) >= 11 is 0. The Morgan fingerprint density at radius 2 is 1.90 bits per heavy atom. The molecule has 2 amide bonds. The van der Waals surface area contributed by atoms with Crippen molar-refractivity contribution in [3.05, 3.63) is 0 Å². The number of carbonyl (C=O) groups is 2. The summed E-state index contributed by atoms with van der Waals surface area (Å²) in [7, 11) is 0. The number of carbonyl (C=O) groups excluding carboxylic acids is 2. The number of piperidine rings is 1. The van der Waals surface area contributed by atoms with Gasteiger partial charge in [0.25, 0.3) is 5.91 Å². The Balaban J connectivity index is 1.77. The van der Waals surface area contributed by atoms with E-state index in [9.17, 15) is 9.59 Å². The van der Waals surface area contributed by atoms with E-state index < -0.39 is 5.60 Å². The minimum absolute atomic E-state index is 0.00867. The van der Waals surface area contributed by atoms with E-state index in [1.54, 1.807) is 11.8 Å². The summed E-state index contributed by atoms with van der Waals surface area (Å²) in [6, 6.07) is 0. The third kappa shape index (κ3) is 4.41. The number of likely N-dealkylation sites (tertiary alicyclic amines) is 1. The molecule has 2 saturated heterocycles. The second kappa shape index (κ2) is 7.22. The molecule has 2 rings (SSSR count). The van der Waals surface area contributed by atoms with Gasteiger partial charge in [-0.05, 0) is 32.9 Å². The maximum Gasteiger partial charge on any atom is 0.253 e. The Morgan fingerprint density at radius 1 is 1.19 bits per heavy atom. The maximum atomic E-state index is 12.3. The molecule has 0 unspecified atom stereocenters. The molecule has 0 aliphatic carbocycles. The molecule has 2 aliphatic heterocycles. The van der Waals surface area contributed by atoms with Crippen LogP contribution in [0.25, 0.3) is 0 Å². The largest absolute Gasteiger partial charge is 0.362 e. The summed E-state index contributed by atoms with van der Waals surface area (Å²) in [6.45, 7) is 8.37. The number of ether oxygens (including phenoxy) is 1. The van der Waals surface area contributed by atoms with Gasteiger partial charge < -0.3 is 19.9 Å². The minimum Gasteiger partial charge on any atom is -0.362 e. The van der Waals surface area contributed by atoms with Crippen LogP contribution in [-0.2, 0) is 14.3 Å². The topological polar surface area (TPSA) is 61.9 Å². The second-order valence-electron chi connectivity index (χ2n) is 6.18. The number of hydrogen-bond donors (Lipinski definition) is 1. The first-order chi connectivity index (χ1) is 10.0. The number of nitrogens with zero attached hydrogens (tertiary/aromatic N) is 2. The molecular formula is C15H27N3O3. The molecule has 2 fully saturated rings. The van der Waals surface area contributed by atoms with Crippen molar-refractivity contribution in [3.8, 4) is 0 Å². The molecule has 6 nitrogen and oxygen atoms in total. The van der Waals surface area contributed by atoms with E-state index in [2.05, 4.69) is 10.2 Å². The zero-order chi connectivity index (χ0) is 15.3. The predicted molar refractivity (Wildman–Crippen MR) is 79.9 cm³/mol. The van der Waals surface area contributed by atoms with Crippen LogP contribution in [0.5, 0.6) is 0 Å². The first-order valence-corrected chi connectivity index (χ1v) is 7.91. The van der Waals surface area contributed by atoms with Crippen molar-refractivity contribution < 1.29 is 14.3 Å². The Kier molecular flexibility index (Phi) is 5.58. The van der Waals surface area contributed by atoms with Gasteiger partial charge in [0.05, 0.1) is 13.2 Å². The van der Waals surface area contributed by atoms with Gasteiger partial charge in [0.15, 0.2) is 5.60 Å². The Morgan fingerprint density at radius 3 is 2.57 bits per heavy atom. The van der Waals surface area contributed by atoms with E-state index in [1.165, 1.54) is 26.2 Å². The highest BCUT2D eigenvalue weighted by Gasteiger charge is 2.39. The smallest absolute Gasteiger partial charge is 0.253 e. The summed E-state index contributed by atoms with van der Waals surface area (Å²) in [5, 5.41) is 2.96. The zero-order valence-electron chi connectivity index (χ0n) is 13.2. The van der Waals surface area contributed by atoms with Crippen LogP contribution in [0.1, 0.15) is 33.1 Å². The molecule has 6 heteroatoms. The van der Waals surface area contributed by atoms with Gasteiger partial charge in [-0.2, -0.15) is 0 Å². The average molecular weight is 297 g/mol. The molecule has 0 radical (unpaired) electrons. The van der Waals surface area contributed by atoms with Gasteiger partial charge >= 0.3 is 0 Å². The molecule has 1 atom stereocenters. The fourth-order valence-electron chi connectivity index (χ4n) is 2.97. The first kappa shape index (κ1) is 16.2. The molecule has 2 heterocycles. The molecule has 2 aliphatic rings. The van der Waals surface area contributed by atoms with E-state index in [-0.39, 0.29) is 11.8 Å². The Labute approximate surface area is 126 Å². The zero-order valence-corrected chi connectivity index (χ0v) is 13.2. The third-order valence-corrected chi connectivity index (χ3v) is 4.36. The Bertz CT molecular complexity index is 382. The number of hydrogen-bond acceptors (Lipinski definition) is 4. The second-order valence-corrected chi connectivity index (χ2v) is 6.18. The number of morpholine rings is 1. The van der Waals surface area contributed by atoms with Crippen LogP contribution in [0.3, 0.4) is 0 Å². The lowest BCUT2D eigenvalue weighted by atomic mass is 10.0. The molecule has 21 heavy (non-hydrogen) atoms. The van der Waals surface area contributed by atoms with Crippen molar-refractivity contribution in [1.82, 2.24) is 15.1 Å². The number of amides is 2. The van der Waals surface area contributed by atoms with Crippen molar-refractivity contribution >= 4 is 11.8 Å². The minimum atomic E-state index is -0.925. The SMILES string of the molecule is CC(=O)N1CCO[C@@](C)(C(=O)NCCN2CCCCC2)C1. The van der Waals surface area contributed by atoms with E-state index in [1.807, 2.05) is 0 Å². The summed E-state index contributed by atoms with van der Waals surface area (Å²) in [4.78, 5) is 27.9. The maximum absolute atomic E-state index is 12.3. The third-order valence-electron chi connectivity index (χ3n) is 4.36. The predicted octanol–water partition coefficient (Wildman–Crippen LogP) is 0.226. The van der Waals surface area contributed by atoms with Crippen LogP contribution < -0.4 is 5.32 Å². The van der Waals surface area contributed by atoms with E-state index in [0.717, 1.165) is 19.6 Å². The van der Waals surface area contributed by atoms with Crippen molar-refractivity contribution in [2.24, 2.45) is 0 Å². The molecule has 0 aromatic carbocycles. The van der Waals surface area contributed by atoms with E-state index in [4.69, 9.17) is 4.74 Å². The van der Waals surface area contributed by atoms with Crippen molar-refractivity contribution in [3.63, 3.8) is 0 Å². The molecule has 0 bridgehead atoms. The van der Waals surface area contributed by atoms with Gasteiger partial charge in [-0.1, -0.05) is 6.42 Å². The molecule has 120 valence electrons. The van der Waals surface area contributed by atoms with Gasteiger partial charge in [-0.3, -0.25) is 9.59 Å². The molecule has 0 spiro atoms. The molecule has 0 aromatic heterocycles. The molecule has 0 saturated carbocycles. The molecular weight excluding hydrogens is 270 g/mol. The van der Waals surface area contributed by atoms with Gasteiger partial charge in [0.1, 0.15) is 0 Å². The lowest BCUT2D eigenvalue weighted by molar-refractivity contribution is -0.162. The highest BCUT2D eigenvalue weighted by molar-refractivity contribution is 5.86. The van der Waals surface area contributed by atoms with Gasteiger partial charge in [-0.25, -0.2) is 0 Å². The highest BCUT2D eigenvalue weighted by Crippen LogP contribution is 2.18. The number of rotatable bonds is 4. The average Bonchev–Trinajstić information content (AvgIpc) is 2.48. The summed E-state index contributed by atoms with van der Waals surface area (Å²) in [5.41, 5.74) is -0.925.